The van der Waals surface area contributed by atoms with Crippen molar-refractivity contribution in [3.63, 3.8) is 0 Å². The van der Waals surface area contributed by atoms with Gasteiger partial charge in [0.1, 0.15) is 0 Å². The molecule has 0 bridgehead atoms. The van der Waals surface area contributed by atoms with Crippen molar-refractivity contribution in [2.75, 3.05) is 6.61 Å². The van der Waals surface area contributed by atoms with Crippen molar-refractivity contribution in [3.05, 3.63) is 52.0 Å². The van der Waals surface area contributed by atoms with E-state index in [1.807, 2.05) is 35.7 Å². The second-order valence-electron chi connectivity index (χ2n) is 4.56. The summed E-state index contributed by atoms with van der Waals surface area (Å²) in [7, 11) is 0. The molecule has 0 fully saturated rings. The zero-order valence-corrected chi connectivity index (χ0v) is 12.7. The molecule has 0 spiro atoms. The second kappa shape index (κ2) is 7.75. The summed E-state index contributed by atoms with van der Waals surface area (Å²) in [6.07, 6.45) is 0.900. The number of carbonyl (C=O) groups is 1. The first-order valence-electron chi connectivity index (χ1n) is 6.86. The van der Waals surface area contributed by atoms with Crippen LogP contribution in [0.3, 0.4) is 0 Å². The number of thiazole rings is 1. The Morgan fingerprint density at radius 2 is 2.14 bits per heavy atom. The molecule has 2 aromatic rings. The van der Waals surface area contributed by atoms with Crippen molar-refractivity contribution in [2.24, 2.45) is 0 Å². The van der Waals surface area contributed by atoms with Crippen LogP contribution in [-0.2, 0) is 13.0 Å². The van der Waals surface area contributed by atoms with E-state index in [2.05, 4.69) is 22.5 Å². The molecule has 5 nitrogen and oxygen atoms in total. The molecule has 1 aromatic carbocycles. The summed E-state index contributed by atoms with van der Waals surface area (Å²) in [4.78, 5) is 16.3. The van der Waals surface area contributed by atoms with Gasteiger partial charge in [-0.1, -0.05) is 37.3 Å². The van der Waals surface area contributed by atoms with E-state index < -0.39 is 6.04 Å². The van der Waals surface area contributed by atoms with Crippen LogP contribution in [-0.4, -0.2) is 22.7 Å². The standard InChI is InChI=1S/C15H19N3O2S/c1-2-14-17-12(10-21-14)8-16-15(20)18-13(9-19)11-6-4-3-5-7-11/h3-7,10,13,19H,2,8-9H2,1H3,(H2,16,18,20)/t13-/m1/s1. The maximum atomic E-state index is 11.9. The zero-order valence-electron chi connectivity index (χ0n) is 11.9. The minimum atomic E-state index is -0.409. The number of aryl methyl sites for hydroxylation is 1. The Kier molecular flexibility index (Phi) is 5.71. The fourth-order valence-electron chi connectivity index (χ4n) is 1.89. The first-order chi connectivity index (χ1) is 10.2. The number of urea groups is 1. The Labute approximate surface area is 128 Å². The van der Waals surface area contributed by atoms with Gasteiger partial charge in [-0.15, -0.1) is 11.3 Å². The number of aliphatic hydroxyl groups is 1. The maximum Gasteiger partial charge on any atom is 0.315 e. The SMILES string of the molecule is CCc1nc(CNC(=O)N[C@H](CO)c2ccccc2)cs1. The van der Waals surface area contributed by atoms with Crippen molar-refractivity contribution in [2.45, 2.75) is 25.9 Å². The Hall–Kier alpha value is -1.92. The first kappa shape index (κ1) is 15.5. The number of hydrogen-bond acceptors (Lipinski definition) is 4. The molecule has 2 amide bonds. The quantitative estimate of drug-likeness (QED) is 0.766. The van der Waals surface area contributed by atoms with Crippen LogP contribution in [0.15, 0.2) is 35.7 Å². The van der Waals surface area contributed by atoms with E-state index in [0.29, 0.717) is 6.54 Å². The summed E-state index contributed by atoms with van der Waals surface area (Å²) in [6, 6.07) is 8.66. The van der Waals surface area contributed by atoms with Crippen LogP contribution in [0.2, 0.25) is 0 Å². The fraction of sp³-hybridized carbons (Fsp3) is 0.333. The van der Waals surface area contributed by atoms with E-state index in [9.17, 15) is 9.90 Å². The highest BCUT2D eigenvalue weighted by molar-refractivity contribution is 7.09. The Morgan fingerprint density at radius 1 is 1.38 bits per heavy atom. The van der Waals surface area contributed by atoms with Crippen molar-refractivity contribution in [1.29, 1.82) is 0 Å². The van der Waals surface area contributed by atoms with Crippen LogP contribution in [0, 0.1) is 0 Å². The van der Waals surface area contributed by atoms with Gasteiger partial charge >= 0.3 is 6.03 Å². The second-order valence-corrected chi connectivity index (χ2v) is 5.50. The van der Waals surface area contributed by atoms with Crippen molar-refractivity contribution >= 4 is 17.4 Å². The molecule has 0 radical (unpaired) electrons. The smallest absolute Gasteiger partial charge is 0.315 e. The van der Waals surface area contributed by atoms with Gasteiger partial charge in [0.05, 0.1) is 29.9 Å². The lowest BCUT2D eigenvalue weighted by Gasteiger charge is -2.16. The molecule has 0 aliphatic carbocycles. The number of hydrogen-bond donors (Lipinski definition) is 3. The summed E-state index contributed by atoms with van der Waals surface area (Å²) in [5.74, 6) is 0. The minimum Gasteiger partial charge on any atom is -0.394 e. The lowest BCUT2D eigenvalue weighted by atomic mass is 10.1. The molecule has 2 rings (SSSR count). The molecule has 0 saturated heterocycles. The Balaban J connectivity index is 1.85. The third-order valence-electron chi connectivity index (χ3n) is 3.02. The molecule has 3 N–H and O–H groups in total. The highest BCUT2D eigenvalue weighted by atomic mass is 32.1. The summed E-state index contributed by atoms with van der Waals surface area (Å²) in [6.45, 7) is 2.29. The number of aliphatic hydroxyl groups excluding tert-OH is 1. The molecular formula is C15H19N3O2S. The number of carbonyl (C=O) groups excluding carboxylic acids is 1. The largest absolute Gasteiger partial charge is 0.394 e. The normalized spacial score (nSPS) is 11.9. The Bertz CT molecular complexity index is 571. The average Bonchev–Trinajstić information content (AvgIpc) is 2.99. The first-order valence-corrected chi connectivity index (χ1v) is 7.74. The average molecular weight is 305 g/mol. The van der Waals surface area contributed by atoms with Gasteiger partial charge in [0.25, 0.3) is 0 Å². The van der Waals surface area contributed by atoms with Crippen LogP contribution in [0.25, 0.3) is 0 Å². The highest BCUT2D eigenvalue weighted by Crippen LogP contribution is 2.12. The fourth-order valence-corrected chi connectivity index (χ4v) is 2.64. The van der Waals surface area contributed by atoms with Gasteiger partial charge < -0.3 is 15.7 Å². The lowest BCUT2D eigenvalue weighted by Crippen LogP contribution is -2.38. The topological polar surface area (TPSA) is 74.2 Å². The van der Waals surface area contributed by atoms with Gasteiger partial charge in [-0.2, -0.15) is 0 Å². The molecule has 0 aliphatic rings. The molecule has 1 atom stereocenters. The van der Waals surface area contributed by atoms with E-state index >= 15 is 0 Å². The van der Waals surface area contributed by atoms with Gasteiger partial charge in [0.2, 0.25) is 0 Å². The van der Waals surface area contributed by atoms with Gasteiger partial charge in [-0.25, -0.2) is 9.78 Å². The van der Waals surface area contributed by atoms with Crippen LogP contribution >= 0.6 is 11.3 Å². The lowest BCUT2D eigenvalue weighted by molar-refractivity contribution is 0.216. The molecule has 21 heavy (non-hydrogen) atoms. The van der Waals surface area contributed by atoms with Crippen molar-refractivity contribution < 1.29 is 9.90 Å². The van der Waals surface area contributed by atoms with E-state index in [0.717, 1.165) is 22.7 Å². The molecule has 6 heteroatoms. The van der Waals surface area contributed by atoms with E-state index in [4.69, 9.17) is 0 Å². The van der Waals surface area contributed by atoms with Crippen LogP contribution in [0.1, 0.15) is 29.2 Å². The molecule has 1 aromatic heterocycles. The van der Waals surface area contributed by atoms with Crippen LogP contribution in [0.5, 0.6) is 0 Å². The van der Waals surface area contributed by atoms with Gasteiger partial charge in [0, 0.05) is 5.38 Å². The van der Waals surface area contributed by atoms with Gasteiger partial charge in [0.15, 0.2) is 0 Å². The number of nitrogens with zero attached hydrogens (tertiary/aromatic N) is 1. The number of benzene rings is 1. The summed E-state index contributed by atoms with van der Waals surface area (Å²) in [5, 5.41) is 17.9. The number of rotatable bonds is 6. The molecular weight excluding hydrogens is 286 g/mol. The maximum absolute atomic E-state index is 11.9. The van der Waals surface area contributed by atoms with Gasteiger partial charge in [-0.05, 0) is 12.0 Å². The minimum absolute atomic E-state index is 0.145. The van der Waals surface area contributed by atoms with E-state index in [-0.39, 0.29) is 12.6 Å². The molecule has 0 unspecified atom stereocenters. The zero-order chi connectivity index (χ0) is 15.1. The van der Waals surface area contributed by atoms with Crippen LogP contribution in [0.4, 0.5) is 4.79 Å². The monoisotopic (exact) mass is 305 g/mol. The summed E-state index contributed by atoms with van der Waals surface area (Å²) in [5.41, 5.74) is 1.73. The number of nitrogens with one attached hydrogen (secondary N) is 2. The predicted octanol–water partition coefficient (Wildman–Crippen LogP) is 2.24. The molecule has 0 aliphatic heterocycles. The molecule has 1 heterocycles. The highest BCUT2D eigenvalue weighted by Gasteiger charge is 2.13. The van der Waals surface area contributed by atoms with E-state index in [1.165, 1.54) is 0 Å². The summed E-state index contributed by atoms with van der Waals surface area (Å²) >= 11 is 1.59. The molecule has 112 valence electrons. The third kappa shape index (κ3) is 4.54. The number of amides is 2. The van der Waals surface area contributed by atoms with Crippen molar-refractivity contribution in [3.8, 4) is 0 Å². The summed E-state index contributed by atoms with van der Waals surface area (Å²) < 4.78 is 0. The van der Waals surface area contributed by atoms with Crippen LogP contribution < -0.4 is 10.6 Å². The van der Waals surface area contributed by atoms with Crippen molar-refractivity contribution in [1.82, 2.24) is 15.6 Å². The molecule has 0 saturated carbocycles. The van der Waals surface area contributed by atoms with Gasteiger partial charge in [-0.3, -0.25) is 0 Å². The predicted molar refractivity (Wildman–Crippen MR) is 83.1 cm³/mol. The number of aromatic nitrogens is 1. The Morgan fingerprint density at radius 3 is 2.76 bits per heavy atom. The van der Waals surface area contributed by atoms with E-state index in [1.54, 1.807) is 11.3 Å². The third-order valence-corrected chi connectivity index (χ3v) is 4.06.